The number of hydrogen-bond donors (Lipinski definition) is 3. The molecule has 0 unspecified atom stereocenters. The number of unbranched alkanes of at least 4 members (excludes halogenated alkanes) is 1. The van der Waals surface area contributed by atoms with Gasteiger partial charge >= 0.3 is 18.0 Å². The van der Waals surface area contributed by atoms with E-state index in [0.717, 1.165) is 25.9 Å². The molecule has 3 N–H and O–H groups in total. The summed E-state index contributed by atoms with van der Waals surface area (Å²) < 4.78 is 24.7. The lowest BCUT2D eigenvalue weighted by atomic mass is 10.2. The average molecular weight is 440 g/mol. The van der Waals surface area contributed by atoms with Gasteiger partial charge in [0.15, 0.2) is 0 Å². The highest BCUT2D eigenvalue weighted by Crippen LogP contribution is 2.19. The summed E-state index contributed by atoms with van der Waals surface area (Å²) in [5.41, 5.74) is 0.329. The van der Waals surface area contributed by atoms with Crippen LogP contribution >= 0.6 is 0 Å². The van der Waals surface area contributed by atoms with Crippen molar-refractivity contribution in [2.75, 3.05) is 26.2 Å². The van der Waals surface area contributed by atoms with E-state index < -0.39 is 23.8 Å². The molecular formula is C21H29FN2O7. The molecule has 1 heterocycles. The molecule has 10 heteroatoms. The molecule has 2 rings (SSSR count). The molecule has 1 aliphatic rings. The van der Waals surface area contributed by atoms with Crippen molar-refractivity contribution in [3.05, 3.63) is 41.7 Å². The van der Waals surface area contributed by atoms with Gasteiger partial charge in [-0.25, -0.2) is 18.8 Å². The lowest BCUT2D eigenvalue weighted by Gasteiger charge is -2.33. The van der Waals surface area contributed by atoms with Crippen LogP contribution in [-0.2, 0) is 20.9 Å². The molecule has 1 fully saturated rings. The fourth-order valence-corrected chi connectivity index (χ4v) is 2.56. The minimum atomic E-state index is -1.26. The first-order valence-electron chi connectivity index (χ1n) is 9.93. The van der Waals surface area contributed by atoms with Crippen molar-refractivity contribution in [1.29, 1.82) is 0 Å². The van der Waals surface area contributed by atoms with Crippen LogP contribution in [0.2, 0.25) is 0 Å². The second-order valence-electron chi connectivity index (χ2n) is 6.77. The van der Waals surface area contributed by atoms with Crippen LogP contribution in [0.1, 0.15) is 32.3 Å². The third-order valence-electron chi connectivity index (χ3n) is 4.24. The Balaban J connectivity index is 0.000000512. The van der Waals surface area contributed by atoms with Crippen molar-refractivity contribution in [2.45, 2.75) is 39.3 Å². The quantitative estimate of drug-likeness (QED) is 0.416. The predicted molar refractivity (Wildman–Crippen MR) is 110 cm³/mol. The minimum Gasteiger partial charge on any atom is -0.494 e. The van der Waals surface area contributed by atoms with E-state index in [2.05, 4.69) is 12.2 Å². The first-order valence-corrected chi connectivity index (χ1v) is 9.93. The molecule has 172 valence electrons. The van der Waals surface area contributed by atoms with E-state index in [4.69, 9.17) is 19.7 Å². The van der Waals surface area contributed by atoms with Crippen LogP contribution in [0.3, 0.4) is 0 Å². The van der Waals surface area contributed by atoms with Crippen molar-refractivity contribution in [3.63, 3.8) is 0 Å². The Hall–Kier alpha value is -3.14. The van der Waals surface area contributed by atoms with E-state index in [1.54, 1.807) is 17.0 Å². The second-order valence-corrected chi connectivity index (χ2v) is 6.77. The van der Waals surface area contributed by atoms with Crippen LogP contribution in [-0.4, -0.2) is 65.4 Å². The number of amides is 1. The van der Waals surface area contributed by atoms with Gasteiger partial charge < -0.3 is 29.9 Å². The van der Waals surface area contributed by atoms with Gasteiger partial charge in [0, 0.05) is 43.4 Å². The van der Waals surface area contributed by atoms with Crippen LogP contribution in [0.4, 0.5) is 9.18 Å². The van der Waals surface area contributed by atoms with Gasteiger partial charge in [-0.1, -0.05) is 13.3 Å². The normalized spacial score (nSPS) is 15.7. The van der Waals surface area contributed by atoms with Crippen molar-refractivity contribution in [2.24, 2.45) is 0 Å². The largest absolute Gasteiger partial charge is 0.494 e. The Labute approximate surface area is 180 Å². The molecule has 1 saturated heterocycles. The standard InChI is InChI=1S/C17H25FN2O3.C4H4O4/c1-3-4-9-22-15-5-6-16(18)14(10-15)12-23-17(21)20-8-7-19-11-13(20)2;5-3(6)1-2-4(7)8/h5-6,10,13,19H,3-4,7-9,11-12H2,1-2H3;1-2H,(H,5,6)(H,7,8)/b;2-1+/t13-;/m1./s1. The number of rotatable bonds is 8. The maximum Gasteiger partial charge on any atom is 0.410 e. The van der Waals surface area contributed by atoms with Gasteiger partial charge in [-0.2, -0.15) is 0 Å². The Morgan fingerprint density at radius 1 is 1.26 bits per heavy atom. The van der Waals surface area contributed by atoms with Crippen molar-refractivity contribution in [3.8, 4) is 5.75 Å². The van der Waals surface area contributed by atoms with E-state index in [1.807, 2.05) is 6.92 Å². The number of nitrogens with one attached hydrogen (secondary N) is 1. The first-order chi connectivity index (χ1) is 14.7. The third-order valence-corrected chi connectivity index (χ3v) is 4.24. The fourth-order valence-electron chi connectivity index (χ4n) is 2.56. The summed E-state index contributed by atoms with van der Waals surface area (Å²) in [5, 5.41) is 18.8. The molecule has 1 aromatic carbocycles. The highest BCUT2D eigenvalue weighted by molar-refractivity contribution is 5.89. The number of carboxylic acids is 2. The molecule has 1 atom stereocenters. The Morgan fingerprint density at radius 3 is 2.52 bits per heavy atom. The van der Waals surface area contributed by atoms with Crippen LogP contribution in [0.25, 0.3) is 0 Å². The van der Waals surface area contributed by atoms with Crippen LogP contribution in [0, 0.1) is 5.82 Å². The van der Waals surface area contributed by atoms with Crippen molar-refractivity contribution < 1.29 is 38.5 Å². The van der Waals surface area contributed by atoms with Gasteiger partial charge in [0.2, 0.25) is 0 Å². The average Bonchev–Trinajstić information content (AvgIpc) is 2.73. The van der Waals surface area contributed by atoms with Crippen LogP contribution < -0.4 is 10.1 Å². The topological polar surface area (TPSA) is 125 Å². The van der Waals surface area contributed by atoms with E-state index in [1.165, 1.54) is 6.07 Å². The van der Waals surface area contributed by atoms with E-state index in [0.29, 0.717) is 36.6 Å². The molecule has 1 aliphatic heterocycles. The number of aliphatic carboxylic acids is 2. The first kappa shape index (κ1) is 25.9. The zero-order valence-corrected chi connectivity index (χ0v) is 17.7. The third kappa shape index (κ3) is 10.4. The summed E-state index contributed by atoms with van der Waals surface area (Å²) >= 11 is 0. The van der Waals surface area contributed by atoms with Gasteiger partial charge in [0.1, 0.15) is 18.2 Å². The monoisotopic (exact) mass is 440 g/mol. The minimum absolute atomic E-state index is 0.0739. The smallest absolute Gasteiger partial charge is 0.410 e. The second kappa shape index (κ2) is 14.0. The Kier molecular flexibility index (Phi) is 11.7. The molecule has 1 aromatic rings. The summed E-state index contributed by atoms with van der Waals surface area (Å²) in [6.07, 6.45) is 2.69. The fraction of sp³-hybridized carbons (Fsp3) is 0.476. The predicted octanol–water partition coefficient (Wildman–Crippen LogP) is 2.65. The van der Waals surface area contributed by atoms with E-state index in [-0.39, 0.29) is 12.6 Å². The van der Waals surface area contributed by atoms with Gasteiger partial charge in [0.05, 0.1) is 6.61 Å². The van der Waals surface area contributed by atoms with Crippen molar-refractivity contribution in [1.82, 2.24) is 10.2 Å². The molecule has 31 heavy (non-hydrogen) atoms. The summed E-state index contributed by atoms with van der Waals surface area (Å²) in [4.78, 5) is 32.9. The zero-order chi connectivity index (χ0) is 23.2. The Bertz CT molecular complexity index is 754. The lowest BCUT2D eigenvalue weighted by molar-refractivity contribution is -0.134. The number of carbonyl (C=O) groups is 3. The number of carboxylic acid groups (broad SMARTS) is 2. The van der Waals surface area contributed by atoms with Crippen molar-refractivity contribution >= 4 is 18.0 Å². The number of piperazine rings is 1. The van der Waals surface area contributed by atoms with E-state index in [9.17, 15) is 18.8 Å². The van der Waals surface area contributed by atoms with Gasteiger partial charge in [0.25, 0.3) is 0 Å². The van der Waals surface area contributed by atoms with Gasteiger partial charge in [-0.3, -0.25) is 0 Å². The molecular weight excluding hydrogens is 411 g/mol. The molecule has 0 bridgehead atoms. The molecule has 0 radical (unpaired) electrons. The zero-order valence-electron chi connectivity index (χ0n) is 17.7. The van der Waals surface area contributed by atoms with E-state index >= 15 is 0 Å². The summed E-state index contributed by atoms with van der Waals surface area (Å²) in [5.74, 6) is -2.31. The summed E-state index contributed by atoms with van der Waals surface area (Å²) in [6.45, 7) is 6.62. The highest BCUT2D eigenvalue weighted by Gasteiger charge is 2.24. The summed E-state index contributed by atoms with van der Waals surface area (Å²) in [7, 11) is 0. The molecule has 0 aliphatic carbocycles. The number of benzene rings is 1. The molecule has 1 amide bonds. The number of nitrogens with zero attached hydrogens (tertiary/aromatic N) is 1. The maximum absolute atomic E-state index is 13.9. The molecule has 0 saturated carbocycles. The highest BCUT2D eigenvalue weighted by atomic mass is 19.1. The number of hydrogen-bond acceptors (Lipinski definition) is 6. The van der Waals surface area contributed by atoms with Crippen LogP contribution in [0.5, 0.6) is 5.75 Å². The lowest BCUT2D eigenvalue weighted by Crippen LogP contribution is -2.52. The SMILES string of the molecule is CCCCOc1ccc(F)c(COC(=O)N2CCNC[C@H]2C)c1.O=C(O)/C=C/C(=O)O. The van der Waals surface area contributed by atoms with Gasteiger partial charge in [-0.15, -0.1) is 0 Å². The molecule has 0 aromatic heterocycles. The van der Waals surface area contributed by atoms with Crippen LogP contribution in [0.15, 0.2) is 30.4 Å². The maximum atomic E-state index is 13.9. The Morgan fingerprint density at radius 2 is 1.94 bits per heavy atom. The molecule has 0 spiro atoms. The molecule has 9 nitrogen and oxygen atoms in total. The number of carbonyl (C=O) groups excluding carboxylic acids is 1. The summed E-state index contributed by atoms with van der Waals surface area (Å²) in [6, 6.07) is 4.61. The number of ether oxygens (including phenoxy) is 2. The van der Waals surface area contributed by atoms with Gasteiger partial charge in [-0.05, 0) is 31.5 Å². The number of halogens is 1.